The van der Waals surface area contributed by atoms with Crippen molar-refractivity contribution in [1.82, 2.24) is 19.7 Å². The average molecular weight is 706 g/mol. The van der Waals surface area contributed by atoms with Crippen molar-refractivity contribution in [2.45, 2.75) is 112 Å². The molecule has 0 bridgehead atoms. The van der Waals surface area contributed by atoms with Gasteiger partial charge in [0, 0.05) is 36.0 Å². The Kier molecular flexibility index (Phi) is 14.9. The maximum atomic E-state index is 13.3. The molecule has 0 aliphatic rings. The number of carbonyl (C=O) groups excluding carboxylic acids is 2. The van der Waals surface area contributed by atoms with Gasteiger partial charge in [-0.3, -0.25) is 9.59 Å². The van der Waals surface area contributed by atoms with Crippen LogP contribution >= 0.6 is 11.6 Å². The summed E-state index contributed by atoms with van der Waals surface area (Å²) in [6, 6.07) is 7.89. The van der Waals surface area contributed by atoms with Gasteiger partial charge in [-0.25, -0.2) is 9.97 Å². The third-order valence-electron chi connectivity index (χ3n) is 7.93. The number of unbranched alkanes of at least 4 members (excludes halogenated alkanes) is 5. The highest BCUT2D eigenvalue weighted by Gasteiger charge is 2.29. The number of nitrogens with zero attached hydrogens (tertiary/aromatic N) is 8. The maximum Gasteiger partial charge on any atom is 0.305 e. The summed E-state index contributed by atoms with van der Waals surface area (Å²) in [5.41, 5.74) is 1.37. The van der Waals surface area contributed by atoms with E-state index in [9.17, 15) is 14.9 Å². The molecule has 1 N–H and O–H groups in total. The van der Waals surface area contributed by atoms with E-state index in [4.69, 9.17) is 21.4 Å². The molecule has 3 rings (SSSR count). The van der Waals surface area contributed by atoms with Gasteiger partial charge in [-0.05, 0) is 38.0 Å². The number of benzene rings is 1. The molecule has 0 saturated heterocycles. The summed E-state index contributed by atoms with van der Waals surface area (Å²) in [5, 5.41) is 27.3. The van der Waals surface area contributed by atoms with Crippen LogP contribution in [0.25, 0.3) is 5.82 Å². The van der Waals surface area contributed by atoms with E-state index in [2.05, 4.69) is 43.4 Å². The van der Waals surface area contributed by atoms with Crippen LogP contribution in [-0.2, 0) is 19.7 Å². The van der Waals surface area contributed by atoms with Gasteiger partial charge in [-0.1, -0.05) is 92.2 Å². The Morgan fingerprint density at radius 2 is 1.68 bits per heavy atom. The number of aromatic nitrogens is 4. The zero-order valence-corrected chi connectivity index (χ0v) is 31.6. The van der Waals surface area contributed by atoms with E-state index in [1.54, 1.807) is 13.0 Å². The lowest BCUT2D eigenvalue weighted by atomic mass is 9.90. The number of carbonyl (C=O) groups is 2. The van der Waals surface area contributed by atoms with E-state index >= 15 is 0 Å². The van der Waals surface area contributed by atoms with Crippen LogP contribution in [0.2, 0.25) is 5.15 Å². The van der Waals surface area contributed by atoms with Crippen LogP contribution in [0.5, 0.6) is 0 Å². The summed E-state index contributed by atoms with van der Waals surface area (Å²) in [6.07, 6.45) is 10.7. The second kappa shape index (κ2) is 18.6. The third-order valence-corrected chi connectivity index (χ3v) is 8.13. The van der Waals surface area contributed by atoms with E-state index in [1.807, 2.05) is 53.7 Å². The Morgan fingerprint density at radius 3 is 2.30 bits per heavy atom. The molecule has 0 spiro atoms. The largest absolute Gasteiger partial charge is 0.466 e. The zero-order valence-electron chi connectivity index (χ0n) is 30.8. The van der Waals surface area contributed by atoms with Crippen molar-refractivity contribution >= 4 is 46.4 Å². The van der Waals surface area contributed by atoms with Gasteiger partial charge in [-0.15, -0.1) is 10.2 Å². The van der Waals surface area contributed by atoms with Gasteiger partial charge >= 0.3 is 5.97 Å². The molecule has 13 heteroatoms. The highest BCUT2D eigenvalue weighted by atomic mass is 35.5. The molecule has 3 aromatic rings. The molecule has 0 fully saturated rings. The molecule has 2 aromatic heterocycles. The monoisotopic (exact) mass is 705 g/mol. The van der Waals surface area contributed by atoms with Crippen molar-refractivity contribution in [1.29, 1.82) is 5.26 Å². The van der Waals surface area contributed by atoms with Crippen LogP contribution in [0, 0.1) is 16.7 Å². The van der Waals surface area contributed by atoms with Gasteiger partial charge in [0.25, 0.3) is 0 Å². The number of halogens is 1. The summed E-state index contributed by atoms with van der Waals surface area (Å²) in [5.74, 6) is 0.0937. The lowest BCUT2D eigenvalue weighted by Gasteiger charge is -2.26. The Hall–Kier alpha value is -4.37. The smallest absolute Gasteiger partial charge is 0.305 e. The Morgan fingerprint density at radius 1 is 0.980 bits per heavy atom. The van der Waals surface area contributed by atoms with Crippen LogP contribution in [0.4, 0.5) is 22.9 Å². The van der Waals surface area contributed by atoms with Crippen LogP contribution in [0.3, 0.4) is 0 Å². The molecule has 0 aliphatic carbocycles. The Labute approximate surface area is 301 Å². The average Bonchev–Trinajstić information content (AvgIpc) is 3.44. The van der Waals surface area contributed by atoms with Gasteiger partial charge in [-0.2, -0.15) is 15.0 Å². The quantitative estimate of drug-likeness (QED) is 0.0829. The standard InChI is InChI=1S/C37H52ClN9O3/c1-9-11-12-13-14-15-20-46(21-16-17-32(48)50-10-2)26-18-19-28(29(22-26)42-35(49)37(6,7)8)43-44-34-27(23-39)33(36(3,4)5)45-47(34)31-25-40-30(38)24-41-31/h18-19,22,24-25H,9-17,20-21H2,1-8H3,(H,42,49). The first-order valence-corrected chi connectivity index (χ1v) is 17.9. The van der Waals surface area contributed by atoms with Crippen LogP contribution in [-0.4, -0.2) is 51.3 Å². The molecule has 270 valence electrons. The molecule has 12 nitrogen and oxygen atoms in total. The van der Waals surface area contributed by atoms with Crippen LogP contribution in [0.1, 0.15) is 118 Å². The highest BCUT2D eigenvalue weighted by molar-refractivity contribution is 6.29. The normalized spacial score (nSPS) is 11.8. The number of azo groups is 1. The van der Waals surface area contributed by atoms with Crippen molar-refractivity contribution < 1.29 is 14.3 Å². The predicted molar refractivity (Wildman–Crippen MR) is 198 cm³/mol. The van der Waals surface area contributed by atoms with Crippen LogP contribution in [0.15, 0.2) is 40.8 Å². The second-order valence-electron chi connectivity index (χ2n) is 14.3. The van der Waals surface area contributed by atoms with Gasteiger partial charge in [0.05, 0.1) is 30.4 Å². The fourth-order valence-corrected chi connectivity index (χ4v) is 5.22. The third kappa shape index (κ3) is 11.6. The fraction of sp³-hybridized carbons (Fsp3) is 0.568. The molecule has 0 unspecified atom stereocenters. The molecule has 0 saturated carbocycles. The molecule has 2 heterocycles. The van der Waals surface area contributed by atoms with E-state index < -0.39 is 10.8 Å². The van der Waals surface area contributed by atoms with E-state index in [0.29, 0.717) is 48.9 Å². The first kappa shape index (κ1) is 40.1. The lowest BCUT2D eigenvalue weighted by Crippen LogP contribution is -2.28. The van der Waals surface area contributed by atoms with Crippen molar-refractivity contribution in [2.75, 3.05) is 29.9 Å². The number of hydrogen-bond donors (Lipinski definition) is 1. The summed E-state index contributed by atoms with van der Waals surface area (Å²) < 4.78 is 6.58. The van der Waals surface area contributed by atoms with Gasteiger partial charge in [0.2, 0.25) is 5.91 Å². The van der Waals surface area contributed by atoms with Crippen molar-refractivity contribution in [3.8, 4) is 11.9 Å². The summed E-state index contributed by atoms with van der Waals surface area (Å²) in [4.78, 5) is 36.1. The minimum atomic E-state index is -0.677. The summed E-state index contributed by atoms with van der Waals surface area (Å²) in [6.45, 7) is 17.2. The minimum Gasteiger partial charge on any atom is -0.466 e. The van der Waals surface area contributed by atoms with Crippen LogP contribution < -0.4 is 10.2 Å². The number of amides is 1. The SMILES string of the molecule is CCCCCCCCN(CCCC(=O)OCC)c1ccc(N=Nc2c(C#N)c(C(C)(C)C)nn2-c2cnc(Cl)cn2)c(NC(=O)C(C)(C)C)c1. The number of nitrogens with one attached hydrogen (secondary N) is 1. The molecular formula is C37H52ClN9O3. The summed E-state index contributed by atoms with van der Waals surface area (Å²) >= 11 is 5.99. The molecular weight excluding hydrogens is 654 g/mol. The van der Waals surface area contributed by atoms with Crippen molar-refractivity contribution in [3.05, 3.63) is 47.0 Å². The van der Waals surface area contributed by atoms with Gasteiger partial charge < -0.3 is 15.0 Å². The zero-order chi connectivity index (χ0) is 36.9. The number of rotatable bonds is 17. The van der Waals surface area contributed by atoms with Gasteiger partial charge in [0.15, 0.2) is 11.6 Å². The minimum absolute atomic E-state index is 0.176. The molecule has 1 aromatic carbocycles. The second-order valence-corrected chi connectivity index (χ2v) is 14.7. The number of esters is 1. The molecule has 0 radical (unpaired) electrons. The highest BCUT2D eigenvalue weighted by Crippen LogP contribution is 2.37. The fourth-order valence-electron chi connectivity index (χ4n) is 5.12. The van der Waals surface area contributed by atoms with Gasteiger partial charge in [0.1, 0.15) is 22.5 Å². The lowest BCUT2D eigenvalue weighted by molar-refractivity contribution is -0.143. The molecule has 0 atom stereocenters. The summed E-state index contributed by atoms with van der Waals surface area (Å²) in [7, 11) is 0. The number of anilines is 2. The van der Waals surface area contributed by atoms with E-state index in [-0.39, 0.29) is 28.4 Å². The molecule has 50 heavy (non-hydrogen) atoms. The maximum absolute atomic E-state index is 13.3. The predicted octanol–water partition coefficient (Wildman–Crippen LogP) is 9.40. The number of nitriles is 1. The first-order chi connectivity index (χ1) is 23.7. The first-order valence-electron chi connectivity index (χ1n) is 17.5. The topological polar surface area (TPSA) is 151 Å². The number of ether oxygens (including phenoxy) is 1. The Bertz CT molecular complexity index is 1650. The van der Waals surface area contributed by atoms with E-state index in [0.717, 1.165) is 25.1 Å². The molecule has 0 aliphatic heterocycles. The molecule has 1 amide bonds. The van der Waals surface area contributed by atoms with E-state index in [1.165, 1.54) is 42.8 Å². The van der Waals surface area contributed by atoms with Crippen molar-refractivity contribution in [3.63, 3.8) is 0 Å². The Balaban J connectivity index is 2.07. The van der Waals surface area contributed by atoms with Crippen molar-refractivity contribution in [2.24, 2.45) is 15.6 Å². The number of hydrogen-bond acceptors (Lipinski definition) is 10.